The number of aryl methyl sites for hydroxylation is 1. The zero-order valence-corrected chi connectivity index (χ0v) is 13.7. The number of benzene rings is 2. The van der Waals surface area contributed by atoms with Crippen molar-refractivity contribution in [2.45, 2.75) is 26.7 Å². The third-order valence-corrected chi connectivity index (χ3v) is 3.55. The Morgan fingerprint density at radius 2 is 1.74 bits per heavy atom. The first kappa shape index (κ1) is 16.7. The highest BCUT2D eigenvalue weighted by atomic mass is 16.2. The highest BCUT2D eigenvalue weighted by molar-refractivity contribution is 5.99. The van der Waals surface area contributed by atoms with Crippen LogP contribution in [-0.2, 0) is 4.79 Å². The van der Waals surface area contributed by atoms with Crippen molar-refractivity contribution >= 4 is 17.5 Å². The van der Waals surface area contributed by atoms with Gasteiger partial charge in [-0.25, -0.2) is 0 Å². The van der Waals surface area contributed by atoms with Gasteiger partial charge in [-0.3, -0.25) is 9.59 Å². The number of hydrogen-bond donors (Lipinski definition) is 2. The quantitative estimate of drug-likeness (QED) is 0.888. The molecule has 0 spiro atoms. The Morgan fingerprint density at radius 3 is 2.35 bits per heavy atom. The second-order valence-corrected chi connectivity index (χ2v) is 5.88. The molecule has 23 heavy (non-hydrogen) atoms. The van der Waals surface area contributed by atoms with Gasteiger partial charge in [-0.1, -0.05) is 43.7 Å². The lowest BCUT2D eigenvalue weighted by Crippen LogP contribution is -2.32. The third kappa shape index (κ3) is 4.95. The highest BCUT2D eigenvalue weighted by Crippen LogP contribution is 2.16. The lowest BCUT2D eigenvalue weighted by Gasteiger charge is -2.09. The Balaban J connectivity index is 1.86. The fourth-order valence-electron chi connectivity index (χ4n) is 2.21. The van der Waals surface area contributed by atoms with Crippen LogP contribution in [0.4, 0.5) is 5.69 Å². The van der Waals surface area contributed by atoms with Gasteiger partial charge in [0.05, 0.1) is 6.54 Å². The first-order valence-electron chi connectivity index (χ1n) is 7.70. The molecule has 0 aromatic heterocycles. The lowest BCUT2D eigenvalue weighted by atomic mass is 10.0. The van der Waals surface area contributed by atoms with Gasteiger partial charge >= 0.3 is 0 Å². The van der Waals surface area contributed by atoms with E-state index >= 15 is 0 Å². The molecule has 0 aliphatic heterocycles. The van der Waals surface area contributed by atoms with Gasteiger partial charge in [0.25, 0.3) is 5.91 Å². The Labute approximate surface area is 136 Å². The van der Waals surface area contributed by atoms with E-state index in [4.69, 9.17) is 0 Å². The predicted molar refractivity (Wildman–Crippen MR) is 92.7 cm³/mol. The Hall–Kier alpha value is -2.62. The van der Waals surface area contributed by atoms with Crippen LogP contribution in [-0.4, -0.2) is 18.4 Å². The monoisotopic (exact) mass is 310 g/mol. The summed E-state index contributed by atoms with van der Waals surface area (Å²) >= 11 is 0. The SMILES string of the molecule is Cc1cccc(C(=O)NCC(=O)Nc2ccc(C(C)C)cc2)c1. The molecule has 0 fully saturated rings. The van der Waals surface area contributed by atoms with Crippen LogP contribution >= 0.6 is 0 Å². The Kier molecular flexibility index (Phi) is 5.52. The van der Waals surface area contributed by atoms with Gasteiger partial charge in [0, 0.05) is 11.3 Å². The van der Waals surface area contributed by atoms with Crippen molar-refractivity contribution in [1.82, 2.24) is 5.32 Å². The molecule has 4 nitrogen and oxygen atoms in total. The topological polar surface area (TPSA) is 58.2 Å². The maximum Gasteiger partial charge on any atom is 0.251 e. The molecule has 2 aromatic carbocycles. The normalized spacial score (nSPS) is 10.4. The molecule has 0 bridgehead atoms. The van der Waals surface area contributed by atoms with Crippen molar-refractivity contribution in [3.05, 3.63) is 65.2 Å². The van der Waals surface area contributed by atoms with Crippen molar-refractivity contribution in [2.75, 3.05) is 11.9 Å². The molecule has 120 valence electrons. The number of anilines is 1. The molecule has 2 rings (SSSR count). The molecule has 4 heteroatoms. The van der Waals surface area contributed by atoms with Crippen molar-refractivity contribution in [3.63, 3.8) is 0 Å². The average molecular weight is 310 g/mol. The molecule has 0 aliphatic rings. The Morgan fingerprint density at radius 1 is 1.04 bits per heavy atom. The minimum absolute atomic E-state index is 0.0568. The molecule has 0 aliphatic carbocycles. The molecular weight excluding hydrogens is 288 g/mol. The van der Waals surface area contributed by atoms with Crippen molar-refractivity contribution < 1.29 is 9.59 Å². The number of hydrogen-bond acceptors (Lipinski definition) is 2. The zero-order chi connectivity index (χ0) is 16.8. The predicted octanol–water partition coefficient (Wildman–Crippen LogP) is 3.49. The summed E-state index contributed by atoms with van der Waals surface area (Å²) in [6.07, 6.45) is 0. The van der Waals surface area contributed by atoms with Gasteiger partial charge in [0.1, 0.15) is 0 Å². The van der Waals surface area contributed by atoms with Crippen LogP contribution in [0, 0.1) is 6.92 Å². The minimum atomic E-state index is -0.251. The van der Waals surface area contributed by atoms with Crippen LogP contribution in [0.3, 0.4) is 0 Å². The molecule has 0 saturated heterocycles. The third-order valence-electron chi connectivity index (χ3n) is 3.55. The van der Waals surface area contributed by atoms with Crippen molar-refractivity contribution in [2.24, 2.45) is 0 Å². The van der Waals surface area contributed by atoms with Crippen LogP contribution in [0.1, 0.15) is 41.3 Å². The second-order valence-electron chi connectivity index (χ2n) is 5.88. The summed E-state index contributed by atoms with van der Waals surface area (Å²) < 4.78 is 0. The first-order chi connectivity index (χ1) is 11.0. The summed E-state index contributed by atoms with van der Waals surface area (Å²) in [5.74, 6) is -0.0457. The van der Waals surface area contributed by atoms with Gasteiger partial charge in [0.15, 0.2) is 0 Å². The summed E-state index contributed by atoms with van der Waals surface area (Å²) in [4.78, 5) is 23.9. The molecule has 0 unspecified atom stereocenters. The summed E-state index contributed by atoms with van der Waals surface area (Å²) in [5, 5.41) is 5.40. The van der Waals surface area contributed by atoms with Crippen LogP contribution in [0.15, 0.2) is 48.5 Å². The Bertz CT molecular complexity index is 691. The van der Waals surface area contributed by atoms with Gasteiger partial charge in [-0.05, 0) is 42.7 Å². The largest absolute Gasteiger partial charge is 0.343 e. The van der Waals surface area contributed by atoms with E-state index in [-0.39, 0.29) is 18.4 Å². The second kappa shape index (κ2) is 7.58. The molecule has 0 heterocycles. The van der Waals surface area contributed by atoms with E-state index in [0.29, 0.717) is 11.5 Å². The van der Waals surface area contributed by atoms with Crippen molar-refractivity contribution in [3.8, 4) is 0 Å². The van der Waals surface area contributed by atoms with E-state index in [1.54, 1.807) is 12.1 Å². The van der Waals surface area contributed by atoms with Crippen LogP contribution in [0.25, 0.3) is 0 Å². The maximum absolute atomic E-state index is 12.0. The van der Waals surface area contributed by atoms with E-state index < -0.39 is 0 Å². The van der Waals surface area contributed by atoms with Gasteiger partial charge < -0.3 is 10.6 Å². The van der Waals surface area contributed by atoms with Gasteiger partial charge in [-0.2, -0.15) is 0 Å². The fourth-order valence-corrected chi connectivity index (χ4v) is 2.21. The molecule has 2 aromatic rings. The summed E-state index contributed by atoms with van der Waals surface area (Å²) in [5.41, 5.74) is 3.51. The van der Waals surface area contributed by atoms with E-state index in [9.17, 15) is 9.59 Å². The summed E-state index contributed by atoms with van der Waals surface area (Å²) in [6.45, 7) is 6.10. The number of nitrogens with one attached hydrogen (secondary N) is 2. The maximum atomic E-state index is 12.0. The van der Waals surface area contributed by atoms with E-state index in [2.05, 4.69) is 24.5 Å². The van der Waals surface area contributed by atoms with Gasteiger partial charge in [-0.15, -0.1) is 0 Å². The molecular formula is C19H22N2O2. The van der Waals surface area contributed by atoms with Crippen LogP contribution in [0.2, 0.25) is 0 Å². The molecule has 2 N–H and O–H groups in total. The van der Waals surface area contributed by atoms with E-state index in [1.165, 1.54) is 5.56 Å². The number of amides is 2. The molecule has 0 radical (unpaired) electrons. The van der Waals surface area contributed by atoms with Crippen molar-refractivity contribution in [1.29, 1.82) is 0 Å². The van der Waals surface area contributed by atoms with E-state index in [1.807, 2.05) is 43.3 Å². The lowest BCUT2D eigenvalue weighted by molar-refractivity contribution is -0.115. The zero-order valence-electron chi connectivity index (χ0n) is 13.7. The van der Waals surface area contributed by atoms with Crippen LogP contribution < -0.4 is 10.6 Å². The van der Waals surface area contributed by atoms with Crippen LogP contribution in [0.5, 0.6) is 0 Å². The summed E-state index contributed by atoms with van der Waals surface area (Å²) in [7, 11) is 0. The minimum Gasteiger partial charge on any atom is -0.343 e. The smallest absolute Gasteiger partial charge is 0.251 e. The number of rotatable bonds is 5. The first-order valence-corrected chi connectivity index (χ1v) is 7.70. The highest BCUT2D eigenvalue weighted by Gasteiger charge is 2.08. The van der Waals surface area contributed by atoms with Gasteiger partial charge in [0.2, 0.25) is 5.91 Å². The van der Waals surface area contributed by atoms with E-state index in [0.717, 1.165) is 11.3 Å². The number of carbonyl (C=O) groups excluding carboxylic acids is 2. The standard InChI is InChI=1S/C19H22N2O2/c1-13(2)15-7-9-17(10-8-15)21-18(22)12-20-19(23)16-6-4-5-14(3)11-16/h4-11,13H,12H2,1-3H3,(H,20,23)(H,21,22). The summed E-state index contributed by atoms with van der Waals surface area (Å²) in [6, 6.07) is 15.0. The molecule has 0 atom stereocenters. The fraction of sp³-hybridized carbons (Fsp3) is 0.263. The average Bonchev–Trinajstić information content (AvgIpc) is 2.53. The number of carbonyl (C=O) groups is 2. The molecule has 0 saturated carbocycles. The molecule has 2 amide bonds.